The summed E-state index contributed by atoms with van der Waals surface area (Å²) in [5.74, 6) is -0.161. The van der Waals surface area contributed by atoms with Crippen LogP contribution in [-0.4, -0.2) is 30.1 Å². The molecule has 1 heterocycles. The van der Waals surface area contributed by atoms with E-state index < -0.39 is 5.97 Å². The van der Waals surface area contributed by atoms with Crippen molar-refractivity contribution < 1.29 is 19.1 Å². The summed E-state index contributed by atoms with van der Waals surface area (Å²) in [6, 6.07) is 10.8. The summed E-state index contributed by atoms with van der Waals surface area (Å²) in [5.41, 5.74) is 1.62. The summed E-state index contributed by atoms with van der Waals surface area (Å²) in [6.45, 7) is 2.27. The average molecular weight is 340 g/mol. The Bertz CT molecular complexity index is 729. The topological polar surface area (TPSA) is 77.5 Å². The number of esters is 1. The molecular formula is C19H20N2O4. The van der Waals surface area contributed by atoms with E-state index in [0.717, 1.165) is 5.56 Å². The highest BCUT2D eigenvalue weighted by atomic mass is 16.6. The largest absolute Gasteiger partial charge is 0.481 e. The third-order valence-electron chi connectivity index (χ3n) is 3.17. The molecule has 1 aromatic carbocycles. The van der Waals surface area contributed by atoms with Crippen LogP contribution >= 0.6 is 0 Å². The molecule has 2 aromatic rings. The number of ether oxygens (including phenoxy) is 2. The van der Waals surface area contributed by atoms with Crippen LogP contribution in [0.2, 0.25) is 0 Å². The van der Waals surface area contributed by atoms with Gasteiger partial charge in [-0.3, -0.25) is 9.78 Å². The van der Waals surface area contributed by atoms with Crippen molar-refractivity contribution in [3.63, 3.8) is 0 Å². The molecule has 1 N–H and O–H groups in total. The van der Waals surface area contributed by atoms with Gasteiger partial charge in [-0.2, -0.15) is 0 Å². The number of hydrogen-bond acceptors (Lipinski definition) is 5. The first-order valence-corrected chi connectivity index (χ1v) is 7.91. The quantitative estimate of drug-likeness (QED) is 0.589. The summed E-state index contributed by atoms with van der Waals surface area (Å²) in [7, 11) is 0. The van der Waals surface area contributed by atoms with Crippen LogP contribution in [-0.2, 0) is 20.9 Å². The molecular weight excluding hydrogens is 320 g/mol. The van der Waals surface area contributed by atoms with Crippen LogP contribution in [0.3, 0.4) is 0 Å². The van der Waals surface area contributed by atoms with Crippen molar-refractivity contribution in [1.29, 1.82) is 0 Å². The van der Waals surface area contributed by atoms with Gasteiger partial charge in [0.2, 0.25) is 5.91 Å². The van der Waals surface area contributed by atoms with E-state index in [0.29, 0.717) is 24.5 Å². The highest BCUT2D eigenvalue weighted by molar-refractivity contribution is 5.92. The van der Waals surface area contributed by atoms with E-state index in [4.69, 9.17) is 9.47 Å². The molecule has 0 saturated heterocycles. The number of nitrogens with one attached hydrogen (secondary N) is 1. The molecule has 0 fully saturated rings. The second-order valence-corrected chi connectivity index (χ2v) is 5.04. The molecule has 1 aromatic heterocycles. The minimum atomic E-state index is -0.435. The molecule has 0 saturated carbocycles. The highest BCUT2D eigenvalue weighted by Crippen LogP contribution is 2.19. The summed E-state index contributed by atoms with van der Waals surface area (Å²) in [4.78, 5) is 27.3. The van der Waals surface area contributed by atoms with E-state index in [-0.39, 0.29) is 12.5 Å². The minimum absolute atomic E-state index is 0.175. The van der Waals surface area contributed by atoms with Gasteiger partial charge in [0.15, 0.2) is 6.61 Å². The molecule has 6 nitrogen and oxygen atoms in total. The molecule has 2 rings (SSSR count). The zero-order valence-electron chi connectivity index (χ0n) is 14.0. The number of benzene rings is 1. The number of para-hydroxylation sites is 1. The Morgan fingerprint density at radius 2 is 2.04 bits per heavy atom. The van der Waals surface area contributed by atoms with Crippen LogP contribution in [0.5, 0.6) is 5.75 Å². The summed E-state index contributed by atoms with van der Waals surface area (Å²) in [5, 5.41) is 2.77. The first-order valence-electron chi connectivity index (χ1n) is 7.91. The number of carbonyl (C=O) groups excluding carboxylic acids is 2. The lowest BCUT2D eigenvalue weighted by Gasteiger charge is -2.08. The molecule has 25 heavy (non-hydrogen) atoms. The second-order valence-electron chi connectivity index (χ2n) is 5.04. The van der Waals surface area contributed by atoms with Gasteiger partial charge in [0.25, 0.3) is 0 Å². The van der Waals surface area contributed by atoms with Crippen LogP contribution in [0, 0.1) is 0 Å². The highest BCUT2D eigenvalue weighted by Gasteiger charge is 2.06. The summed E-state index contributed by atoms with van der Waals surface area (Å²) < 4.78 is 10.3. The Hall–Kier alpha value is -3.15. The van der Waals surface area contributed by atoms with Crippen molar-refractivity contribution in [2.24, 2.45) is 0 Å². The average Bonchev–Trinajstić information content (AvgIpc) is 2.64. The van der Waals surface area contributed by atoms with E-state index in [1.54, 1.807) is 43.6 Å². The summed E-state index contributed by atoms with van der Waals surface area (Å²) >= 11 is 0. The Labute approximate surface area is 146 Å². The van der Waals surface area contributed by atoms with Crippen LogP contribution in [0.25, 0.3) is 6.08 Å². The summed E-state index contributed by atoms with van der Waals surface area (Å²) in [6.07, 6.45) is 6.43. The smallest absolute Gasteiger partial charge is 0.344 e. The maximum absolute atomic E-state index is 11.9. The fraction of sp³-hybridized carbons (Fsp3) is 0.211. The van der Waals surface area contributed by atoms with E-state index in [1.165, 1.54) is 6.08 Å². The first kappa shape index (κ1) is 18.2. The molecule has 0 aliphatic carbocycles. The van der Waals surface area contributed by atoms with Crippen molar-refractivity contribution >= 4 is 18.0 Å². The molecule has 130 valence electrons. The van der Waals surface area contributed by atoms with Crippen molar-refractivity contribution in [1.82, 2.24) is 10.3 Å². The molecule has 0 unspecified atom stereocenters. The van der Waals surface area contributed by atoms with Crippen LogP contribution in [0.1, 0.15) is 18.1 Å². The third kappa shape index (κ3) is 6.47. The minimum Gasteiger partial charge on any atom is -0.481 e. The molecule has 0 atom stereocenters. The first-order chi connectivity index (χ1) is 12.2. The molecule has 0 bridgehead atoms. The molecule has 0 aliphatic rings. The zero-order chi connectivity index (χ0) is 17.9. The van der Waals surface area contributed by atoms with Gasteiger partial charge in [-0.05, 0) is 30.7 Å². The monoisotopic (exact) mass is 340 g/mol. The van der Waals surface area contributed by atoms with E-state index in [2.05, 4.69) is 10.3 Å². The fourth-order valence-corrected chi connectivity index (χ4v) is 2.01. The molecule has 6 heteroatoms. The maximum Gasteiger partial charge on any atom is 0.344 e. The van der Waals surface area contributed by atoms with Gasteiger partial charge in [0.05, 0.1) is 6.61 Å². The van der Waals surface area contributed by atoms with E-state index >= 15 is 0 Å². The Morgan fingerprint density at radius 3 is 2.80 bits per heavy atom. The van der Waals surface area contributed by atoms with Gasteiger partial charge < -0.3 is 14.8 Å². The van der Waals surface area contributed by atoms with E-state index in [9.17, 15) is 9.59 Å². The predicted octanol–water partition coefficient (Wildman–Crippen LogP) is 2.35. The predicted molar refractivity (Wildman–Crippen MR) is 93.7 cm³/mol. The lowest BCUT2D eigenvalue weighted by molar-refractivity contribution is -0.145. The molecule has 0 radical (unpaired) electrons. The van der Waals surface area contributed by atoms with Gasteiger partial charge in [-0.15, -0.1) is 0 Å². The third-order valence-corrected chi connectivity index (χ3v) is 3.17. The number of aromatic nitrogens is 1. The van der Waals surface area contributed by atoms with Gasteiger partial charge >= 0.3 is 5.97 Å². The van der Waals surface area contributed by atoms with Crippen LogP contribution in [0.15, 0.2) is 54.9 Å². The Kier molecular flexibility index (Phi) is 7.18. The van der Waals surface area contributed by atoms with Gasteiger partial charge in [0.1, 0.15) is 5.75 Å². The number of nitrogens with zero attached hydrogens (tertiary/aromatic N) is 1. The van der Waals surface area contributed by atoms with Crippen LogP contribution in [0.4, 0.5) is 0 Å². The second kappa shape index (κ2) is 9.87. The van der Waals surface area contributed by atoms with Crippen molar-refractivity contribution in [3.8, 4) is 5.75 Å². The Morgan fingerprint density at radius 1 is 1.20 bits per heavy atom. The normalized spacial score (nSPS) is 10.4. The fourth-order valence-electron chi connectivity index (χ4n) is 2.01. The van der Waals surface area contributed by atoms with Crippen molar-refractivity contribution in [2.45, 2.75) is 13.5 Å². The maximum atomic E-state index is 11.9. The lowest BCUT2D eigenvalue weighted by Crippen LogP contribution is -2.20. The number of amides is 1. The zero-order valence-corrected chi connectivity index (χ0v) is 14.0. The number of hydrogen-bond donors (Lipinski definition) is 1. The number of rotatable bonds is 8. The van der Waals surface area contributed by atoms with Gasteiger partial charge in [-0.1, -0.05) is 24.3 Å². The van der Waals surface area contributed by atoms with Gasteiger partial charge in [-0.25, -0.2) is 4.79 Å². The molecule has 0 aliphatic heterocycles. The van der Waals surface area contributed by atoms with Gasteiger partial charge in [0, 0.05) is 30.6 Å². The lowest BCUT2D eigenvalue weighted by atomic mass is 10.2. The standard InChI is InChI=1S/C19H20N2O4/c1-2-24-19(23)14-25-17-8-4-3-7-16(17)9-10-18(22)21-13-15-6-5-11-20-12-15/h3-12H,2,13-14H2,1H3,(H,21,22)/b10-9+. The van der Waals surface area contributed by atoms with E-state index in [1.807, 2.05) is 18.2 Å². The molecule has 0 spiro atoms. The number of carbonyl (C=O) groups is 2. The van der Waals surface area contributed by atoms with Crippen LogP contribution < -0.4 is 10.1 Å². The van der Waals surface area contributed by atoms with Crippen molar-refractivity contribution in [3.05, 3.63) is 66.0 Å². The Balaban J connectivity index is 1.91. The SMILES string of the molecule is CCOC(=O)COc1ccccc1/C=C/C(=O)NCc1cccnc1. The molecule has 1 amide bonds. The number of pyridine rings is 1. The van der Waals surface area contributed by atoms with Crippen molar-refractivity contribution in [2.75, 3.05) is 13.2 Å².